The summed E-state index contributed by atoms with van der Waals surface area (Å²) in [6.07, 6.45) is 5.30. The third kappa shape index (κ3) is 3.27. The summed E-state index contributed by atoms with van der Waals surface area (Å²) in [6.45, 7) is -0.0296. The van der Waals surface area contributed by atoms with E-state index in [4.69, 9.17) is 4.74 Å². The minimum absolute atomic E-state index is 0.0296. The number of aliphatic hydroxyl groups is 1. The lowest BCUT2D eigenvalue weighted by atomic mass is 9.70. The highest BCUT2D eigenvalue weighted by atomic mass is 16.5. The zero-order valence-electron chi connectivity index (χ0n) is 13.1. The van der Waals surface area contributed by atoms with Gasteiger partial charge < -0.3 is 15.2 Å². The largest absolute Gasteiger partial charge is 0.497 e. The number of fused-ring (bicyclic) bond motifs is 1. The van der Waals surface area contributed by atoms with E-state index in [0.717, 1.165) is 37.9 Å². The number of piperidine rings is 1. The number of amides is 1. The normalized spacial score (nSPS) is 31.3. The van der Waals surface area contributed by atoms with Crippen LogP contribution in [0.25, 0.3) is 0 Å². The fourth-order valence-corrected chi connectivity index (χ4v) is 4.02. The molecule has 4 atom stereocenters. The number of rotatable bonds is 4. The minimum atomic E-state index is -0.207. The standard InChI is InChI=1S/C18H25NO3/c1-22-16-5-2-12(3-6-16)8-13-4-7-17-14(9-13)10-15(11-20)18(21)19-17/h2-3,5-6,13-15,17,20H,4,7-11H2,1H3,(H,19,21)/t13-,14-,15-,17+/m1/s1. The molecular formula is C18H25NO3. The molecule has 1 amide bonds. The van der Waals surface area contributed by atoms with Crippen molar-refractivity contribution in [2.45, 2.75) is 38.1 Å². The number of carbonyl (C=O) groups excluding carboxylic acids is 1. The van der Waals surface area contributed by atoms with Crippen LogP contribution in [0.4, 0.5) is 0 Å². The van der Waals surface area contributed by atoms with Gasteiger partial charge in [0.2, 0.25) is 5.91 Å². The van der Waals surface area contributed by atoms with E-state index in [1.807, 2.05) is 12.1 Å². The number of benzene rings is 1. The van der Waals surface area contributed by atoms with Crippen molar-refractivity contribution in [3.63, 3.8) is 0 Å². The van der Waals surface area contributed by atoms with E-state index >= 15 is 0 Å². The number of carbonyl (C=O) groups is 1. The molecule has 0 bridgehead atoms. The molecule has 2 fully saturated rings. The van der Waals surface area contributed by atoms with Gasteiger partial charge in [-0.15, -0.1) is 0 Å². The Bertz CT molecular complexity index is 514. The van der Waals surface area contributed by atoms with Gasteiger partial charge in [0.15, 0.2) is 0 Å². The molecule has 0 spiro atoms. The summed E-state index contributed by atoms with van der Waals surface area (Å²) >= 11 is 0. The molecule has 1 aromatic carbocycles. The van der Waals surface area contributed by atoms with Gasteiger partial charge in [0.05, 0.1) is 19.6 Å². The van der Waals surface area contributed by atoms with Crippen LogP contribution < -0.4 is 10.1 Å². The molecule has 4 heteroatoms. The monoisotopic (exact) mass is 303 g/mol. The van der Waals surface area contributed by atoms with E-state index in [-0.39, 0.29) is 18.4 Å². The molecule has 22 heavy (non-hydrogen) atoms. The van der Waals surface area contributed by atoms with Crippen LogP contribution in [0.5, 0.6) is 5.75 Å². The van der Waals surface area contributed by atoms with Crippen LogP contribution in [0.1, 0.15) is 31.2 Å². The number of ether oxygens (including phenoxy) is 1. The van der Waals surface area contributed by atoms with Gasteiger partial charge in [0, 0.05) is 6.04 Å². The van der Waals surface area contributed by atoms with E-state index in [2.05, 4.69) is 17.4 Å². The Balaban J connectivity index is 1.59. The molecule has 4 nitrogen and oxygen atoms in total. The first-order valence-corrected chi connectivity index (χ1v) is 8.23. The van der Waals surface area contributed by atoms with Crippen LogP contribution in [0.2, 0.25) is 0 Å². The molecule has 2 aliphatic rings. The van der Waals surface area contributed by atoms with Crippen molar-refractivity contribution in [3.05, 3.63) is 29.8 Å². The highest BCUT2D eigenvalue weighted by Gasteiger charge is 2.38. The Morgan fingerprint density at radius 3 is 2.68 bits per heavy atom. The van der Waals surface area contributed by atoms with Crippen molar-refractivity contribution in [1.29, 1.82) is 0 Å². The first-order valence-electron chi connectivity index (χ1n) is 8.23. The number of hydrogen-bond acceptors (Lipinski definition) is 3. The smallest absolute Gasteiger partial charge is 0.225 e. The fraction of sp³-hybridized carbons (Fsp3) is 0.611. The first kappa shape index (κ1) is 15.3. The summed E-state index contributed by atoms with van der Waals surface area (Å²) < 4.78 is 5.20. The molecule has 1 saturated heterocycles. The Hall–Kier alpha value is -1.55. The van der Waals surface area contributed by atoms with Crippen molar-refractivity contribution in [3.8, 4) is 5.75 Å². The lowest BCUT2D eigenvalue weighted by molar-refractivity contribution is -0.131. The molecule has 1 aliphatic heterocycles. The second-order valence-electron chi connectivity index (χ2n) is 6.72. The van der Waals surface area contributed by atoms with Crippen molar-refractivity contribution in [2.75, 3.05) is 13.7 Å². The van der Waals surface area contributed by atoms with E-state index in [1.54, 1.807) is 7.11 Å². The van der Waals surface area contributed by atoms with E-state index in [1.165, 1.54) is 5.56 Å². The molecule has 1 heterocycles. The van der Waals surface area contributed by atoms with Crippen molar-refractivity contribution in [2.24, 2.45) is 17.8 Å². The topological polar surface area (TPSA) is 58.6 Å². The Labute approximate surface area is 131 Å². The molecule has 0 unspecified atom stereocenters. The fourth-order valence-electron chi connectivity index (χ4n) is 4.02. The number of aliphatic hydroxyl groups excluding tert-OH is 1. The molecule has 2 N–H and O–H groups in total. The molecule has 120 valence electrons. The van der Waals surface area contributed by atoms with Crippen LogP contribution in [0, 0.1) is 17.8 Å². The SMILES string of the molecule is COc1ccc(C[C@H]2CC[C@@H]3NC(=O)[C@@H](CO)C[C@H]3C2)cc1. The molecular weight excluding hydrogens is 278 g/mol. The van der Waals surface area contributed by atoms with Crippen molar-refractivity contribution >= 4 is 5.91 Å². The lowest BCUT2D eigenvalue weighted by Gasteiger charge is -2.42. The van der Waals surface area contributed by atoms with E-state index < -0.39 is 0 Å². The van der Waals surface area contributed by atoms with Crippen LogP contribution in [-0.4, -0.2) is 30.8 Å². The zero-order valence-corrected chi connectivity index (χ0v) is 13.1. The predicted octanol–water partition coefficient (Wildman–Crippen LogP) is 2.15. The Morgan fingerprint density at radius 1 is 1.23 bits per heavy atom. The van der Waals surface area contributed by atoms with Crippen LogP contribution >= 0.6 is 0 Å². The van der Waals surface area contributed by atoms with E-state index in [9.17, 15) is 9.90 Å². The highest BCUT2D eigenvalue weighted by Crippen LogP contribution is 2.37. The maximum Gasteiger partial charge on any atom is 0.225 e. The van der Waals surface area contributed by atoms with Gasteiger partial charge in [-0.25, -0.2) is 0 Å². The lowest BCUT2D eigenvalue weighted by Crippen LogP contribution is -2.52. The summed E-state index contributed by atoms with van der Waals surface area (Å²) in [5.41, 5.74) is 1.35. The highest BCUT2D eigenvalue weighted by molar-refractivity contribution is 5.80. The second-order valence-corrected chi connectivity index (χ2v) is 6.72. The van der Waals surface area contributed by atoms with Crippen LogP contribution in [-0.2, 0) is 11.2 Å². The predicted molar refractivity (Wildman–Crippen MR) is 84.7 cm³/mol. The molecule has 0 radical (unpaired) electrons. The average molecular weight is 303 g/mol. The number of nitrogens with one attached hydrogen (secondary N) is 1. The molecule has 1 aromatic rings. The average Bonchev–Trinajstić information content (AvgIpc) is 2.55. The summed E-state index contributed by atoms with van der Waals surface area (Å²) in [6, 6.07) is 8.64. The van der Waals surface area contributed by atoms with Gasteiger partial charge in [0.25, 0.3) is 0 Å². The second kappa shape index (κ2) is 6.69. The zero-order chi connectivity index (χ0) is 15.5. The summed E-state index contributed by atoms with van der Waals surface area (Å²) in [4.78, 5) is 11.8. The third-order valence-corrected chi connectivity index (χ3v) is 5.28. The first-order chi connectivity index (χ1) is 10.7. The van der Waals surface area contributed by atoms with Gasteiger partial charge in [-0.3, -0.25) is 4.79 Å². The van der Waals surface area contributed by atoms with Gasteiger partial charge in [-0.1, -0.05) is 12.1 Å². The quantitative estimate of drug-likeness (QED) is 0.896. The third-order valence-electron chi connectivity index (χ3n) is 5.28. The van der Waals surface area contributed by atoms with Gasteiger partial charge in [-0.2, -0.15) is 0 Å². The van der Waals surface area contributed by atoms with Crippen LogP contribution in [0.15, 0.2) is 24.3 Å². The molecule has 1 aliphatic carbocycles. The summed E-state index contributed by atoms with van der Waals surface area (Å²) in [5, 5.41) is 12.4. The van der Waals surface area contributed by atoms with Crippen molar-refractivity contribution in [1.82, 2.24) is 5.32 Å². The van der Waals surface area contributed by atoms with Crippen molar-refractivity contribution < 1.29 is 14.6 Å². The minimum Gasteiger partial charge on any atom is -0.497 e. The van der Waals surface area contributed by atoms with Crippen LogP contribution in [0.3, 0.4) is 0 Å². The number of hydrogen-bond donors (Lipinski definition) is 2. The summed E-state index contributed by atoms with van der Waals surface area (Å²) in [7, 11) is 1.69. The van der Waals surface area contributed by atoms with Gasteiger partial charge in [-0.05, 0) is 61.6 Å². The molecule has 0 aromatic heterocycles. The maximum atomic E-state index is 11.8. The Kier molecular flexibility index (Phi) is 4.67. The maximum absolute atomic E-state index is 11.8. The molecule has 1 saturated carbocycles. The van der Waals surface area contributed by atoms with Gasteiger partial charge in [0.1, 0.15) is 5.75 Å². The summed E-state index contributed by atoms with van der Waals surface area (Å²) in [5.74, 6) is 1.92. The Morgan fingerprint density at radius 2 is 2.00 bits per heavy atom. The van der Waals surface area contributed by atoms with Gasteiger partial charge >= 0.3 is 0 Å². The molecule has 3 rings (SSSR count). The number of methoxy groups -OCH3 is 1. The van der Waals surface area contributed by atoms with E-state index in [0.29, 0.717) is 17.9 Å².